The monoisotopic (exact) mass is 212 g/mol. The fourth-order valence-corrected chi connectivity index (χ4v) is 1.32. The van der Waals surface area contributed by atoms with Crippen molar-refractivity contribution in [2.45, 2.75) is 19.2 Å². The Labute approximate surface area is 88.7 Å². The lowest BCUT2D eigenvalue weighted by Gasteiger charge is -2.21. The summed E-state index contributed by atoms with van der Waals surface area (Å²) >= 11 is 5.74. The number of carbonyl (C=O) groups excluding carboxylic acids is 1. The summed E-state index contributed by atoms with van der Waals surface area (Å²) in [5.74, 6) is -0.0830. The van der Waals surface area contributed by atoms with Crippen LogP contribution in [0.5, 0.6) is 0 Å². The fraction of sp³-hybridized carbons (Fsp3) is 0.400. The number of alkyl halides is 1. The van der Waals surface area contributed by atoms with E-state index in [0.29, 0.717) is 6.54 Å². The van der Waals surface area contributed by atoms with Crippen LogP contribution in [0.4, 0.5) is 5.69 Å². The Morgan fingerprint density at radius 3 is 2.57 bits per heavy atom. The highest BCUT2D eigenvalue weighted by atomic mass is 35.5. The lowest BCUT2D eigenvalue weighted by atomic mass is 10.3. The maximum atomic E-state index is 11.6. The van der Waals surface area contributed by atoms with Gasteiger partial charge in [-0.1, -0.05) is 0 Å². The smallest absolute Gasteiger partial charge is 0.244 e. The largest absolute Gasteiger partial charge is 0.311 e. The molecule has 0 aliphatic carbocycles. The van der Waals surface area contributed by atoms with Crippen LogP contribution in [0.1, 0.15) is 13.8 Å². The van der Waals surface area contributed by atoms with Crippen molar-refractivity contribution in [2.75, 3.05) is 11.4 Å². The van der Waals surface area contributed by atoms with Crippen molar-refractivity contribution in [2.24, 2.45) is 0 Å². The molecule has 3 nitrogen and oxygen atoms in total. The molecule has 0 radical (unpaired) electrons. The Balaban J connectivity index is 2.88. The molecule has 0 spiro atoms. The van der Waals surface area contributed by atoms with Gasteiger partial charge in [0.2, 0.25) is 5.91 Å². The Morgan fingerprint density at radius 1 is 1.57 bits per heavy atom. The van der Waals surface area contributed by atoms with Crippen LogP contribution in [-0.4, -0.2) is 22.8 Å². The molecule has 0 aromatic carbocycles. The first-order chi connectivity index (χ1) is 6.66. The third-order valence-corrected chi connectivity index (χ3v) is 2.08. The van der Waals surface area contributed by atoms with Gasteiger partial charge < -0.3 is 4.90 Å². The second-order valence-corrected chi connectivity index (χ2v) is 3.56. The van der Waals surface area contributed by atoms with Crippen LogP contribution in [0.2, 0.25) is 0 Å². The van der Waals surface area contributed by atoms with Gasteiger partial charge in [-0.2, -0.15) is 0 Å². The van der Waals surface area contributed by atoms with Gasteiger partial charge in [0.05, 0.1) is 0 Å². The highest BCUT2D eigenvalue weighted by molar-refractivity contribution is 6.32. The number of aromatic nitrogens is 1. The molecule has 0 aliphatic heterocycles. The van der Waals surface area contributed by atoms with Crippen molar-refractivity contribution in [3.63, 3.8) is 0 Å². The highest BCUT2D eigenvalue weighted by Gasteiger charge is 2.18. The van der Waals surface area contributed by atoms with E-state index in [1.165, 1.54) is 0 Å². The average Bonchev–Trinajstić information content (AvgIpc) is 2.20. The third kappa shape index (κ3) is 2.45. The molecule has 1 atom stereocenters. The number of nitrogens with zero attached hydrogens (tertiary/aromatic N) is 2. The molecular formula is C10H13ClN2O. The summed E-state index contributed by atoms with van der Waals surface area (Å²) in [5, 5.41) is -0.497. The van der Waals surface area contributed by atoms with Crippen molar-refractivity contribution in [1.29, 1.82) is 0 Å². The first-order valence-corrected chi connectivity index (χ1v) is 4.96. The van der Waals surface area contributed by atoms with Gasteiger partial charge in [-0.25, -0.2) is 0 Å². The molecule has 1 aromatic heterocycles. The van der Waals surface area contributed by atoms with Crippen LogP contribution in [0, 0.1) is 0 Å². The van der Waals surface area contributed by atoms with Crippen LogP contribution in [-0.2, 0) is 4.79 Å². The molecule has 1 aromatic rings. The molecule has 0 saturated heterocycles. The number of amides is 1. The van der Waals surface area contributed by atoms with Crippen LogP contribution >= 0.6 is 11.6 Å². The van der Waals surface area contributed by atoms with Gasteiger partial charge in [-0.3, -0.25) is 9.78 Å². The number of rotatable bonds is 3. The van der Waals surface area contributed by atoms with Gasteiger partial charge in [-0.15, -0.1) is 11.6 Å². The summed E-state index contributed by atoms with van der Waals surface area (Å²) in [4.78, 5) is 17.2. The molecule has 1 heterocycles. The molecule has 76 valence electrons. The van der Waals surface area contributed by atoms with Crippen molar-refractivity contribution < 1.29 is 4.79 Å². The maximum absolute atomic E-state index is 11.6. The van der Waals surface area contributed by atoms with Crippen molar-refractivity contribution in [3.05, 3.63) is 24.5 Å². The average molecular weight is 213 g/mol. The molecular weight excluding hydrogens is 200 g/mol. The lowest BCUT2D eigenvalue weighted by Crippen LogP contribution is -2.35. The van der Waals surface area contributed by atoms with Crippen LogP contribution in [0.25, 0.3) is 0 Å². The Bertz CT molecular complexity index is 300. The number of pyridine rings is 1. The zero-order valence-electron chi connectivity index (χ0n) is 8.27. The van der Waals surface area contributed by atoms with Gasteiger partial charge in [0, 0.05) is 24.6 Å². The Kier molecular flexibility index (Phi) is 3.89. The minimum Gasteiger partial charge on any atom is -0.311 e. The minimum absolute atomic E-state index is 0.0830. The van der Waals surface area contributed by atoms with E-state index in [4.69, 9.17) is 11.6 Å². The molecule has 1 unspecified atom stereocenters. The topological polar surface area (TPSA) is 33.2 Å². The Hall–Kier alpha value is -1.09. The van der Waals surface area contributed by atoms with Gasteiger partial charge >= 0.3 is 0 Å². The molecule has 0 N–H and O–H groups in total. The number of hydrogen-bond acceptors (Lipinski definition) is 2. The van der Waals surface area contributed by atoms with Gasteiger partial charge in [0.1, 0.15) is 5.38 Å². The second-order valence-electron chi connectivity index (χ2n) is 2.90. The lowest BCUT2D eigenvalue weighted by molar-refractivity contribution is -0.117. The predicted octanol–water partition coefficient (Wildman–Crippen LogP) is 2.06. The molecule has 1 rings (SSSR count). The summed E-state index contributed by atoms with van der Waals surface area (Å²) in [5.41, 5.74) is 0.833. The molecule has 4 heteroatoms. The highest BCUT2D eigenvalue weighted by Crippen LogP contribution is 2.14. The number of hydrogen-bond donors (Lipinski definition) is 0. The molecule has 0 fully saturated rings. The van der Waals surface area contributed by atoms with E-state index in [0.717, 1.165) is 5.69 Å². The van der Waals surface area contributed by atoms with Crippen molar-refractivity contribution in [3.8, 4) is 0 Å². The SMILES string of the molecule is CCN(C(=O)C(C)Cl)c1ccncc1. The van der Waals surface area contributed by atoms with E-state index in [2.05, 4.69) is 4.98 Å². The summed E-state index contributed by atoms with van der Waals surface area (Å²) in [7, 11) is 0. The van der Waals surface area contributed by atoms with E-state index < -0.39 is 5.38 Å². The third-order valence-electron chi connectivity index (χ3n) is 1.90. The van der Waals surface area contributed by atoms with E-state index in [1.54, 1.807) is 36.4 Å². The minimum atomic E-state index is -0.497. The first kappa shape index (κ1) is 11.0. The number of carbonyl (C=O) groups is 1. The zero-order chi connectivity index (χ0) is 10.6. The number of halogens is 1. The van der Waals surface area contributed by atoms with Crippen LogP contribution in [0.15, 0.2) is 24.5 Å². The van der Waals surface area contributed by atoms with Gasteiger partial charge in [0.15, 0.2) is 0 Å². The van der Waals surface area contributed by atoms with E-state index in [1.807, 2.05) is 6.92 Å². The van der Waals surface area contributed by atoms with Gasteiger partial charge in [0.25, 0.3) is 0 Å². The van der Waals surface area contributed by atoms with Crippen LogP contribution < -0.4 is 4.90 Å². The second kappa shape index (κ2) is 4.96. The number of anilines is 1. The molecule has 0 aliphatic rings. The molecule has 14 heavy (non-hydrogen) atoms. The normalized spacial score (nSPS) is 12.2. The summed E-state index contributed by atoms with van der Waals surface area (Å²) in [6, 6.07) is 3.58. The standard InChI is InChI=1S/C10H13ClN2O/c1-3-13(10(14)8(2)11)9-4-6-12-7-5-9/h4-8H,3H2,1-2H3. The van der Waals surface area contributed by atoms with Crippen molar-refractivity contribution in [1.82, 2.24) is 4.98 Å². The Morgan fingerprint density at radius 2 is 2.14 bits per heavy atom. The molecule has 0 bridgehead atoms. The van der Waals surface area contributed by atoms with E-state index in [-0.39, 0.29) is 5.91 Å². The summed E-state index contributed by atoms with van der Waals surface area (Å²) in [6.45, 7) is 4.20. The quantitative estimate of drug-likeness (QED) is 0.719. The fourth-order valence-electron chi connectivity index (χ4n) is 1.20. The van der Waals surface area contributed by atoms with Gasteiger partial charge in [-0.05, 0) is 26.0 Å². The first-order valence-electron chi connectivity index (χ1n) is 4.52. The summed E-state index contributed by atoms with van der Waals surface area (Å²) < 4.78 is 0. The van der Waals surface area contributed by atoms with Crippen molar-refractivity contribution >= 4 is 23.2 Å². The predicted molar refractivity (Wildman–Crippen MR) is 57.6 cm³/mol. The maximum Gasteiger partial charge on any atom is 0.244 e. The summed E-state index contributed by atoms with van der Waals surface area (Å²) in [6.07, 6.45) is 3.31. The molecule has 0 saturated carbocycles. The van der Waals surface area contributed by atoms with E-state index >= 15 is 0 Å². The van der Waals surface area contributed by atoms with Crippen LogP contribution in [0.3, 0.4) is 0 Å². The zero-order valence-corrected chi connectivity index (χ0v) is 9.03. The van der Waals surface area contributed by atoms with E-state index in [9.17, 15) is 4.79 Å². The molecule has 1 amide bonds.